The molecule has 0 bridgehead atoms. The molecule has 4 aromatic carbocycles. The van der Waals surface area contributed by atoms with Gasteiger partial charge in [0.1, 0.15) is 22.0 Å². The molecular weight excluding hydrogens is 778 g/mol. The van der Waals surface area contributed by atoms with Crippen LogP contribution in [0.15, 0.2) is 86.7 Å². The van der Waals surface area contributed by atoms with E-state index in [2.05, 4.69) is 34.7 Å². The number of phenolic OH excluding ortho intramolecular Hbond substituents is 1. The molecule has 1 aromatic heterocycles. The molecule has 22 heteroatoms. The molecule has 5 rings (SSSR count). The number of sulfone groups is 1. The van der Waals surface area contributed by atoms with Gasteiger partial charge in [0, 0.05) is 29.4 Å². The summed E-state index contributed by atoms with van der Waals surface area (Å²) < 4.78 is 98.0. The normalized spacial score (nSPS) is 12.3. The van der Waals surface area contributed by atoms with Crippen molar-refractivity contribution in [1.82, 2.24) is 15.0 Å². The van der Waals surface area contributed by atoms with E-state index in [9.17, 15) is 34.9 Å². The van der Waals surface area contributed by atoms with Crippen LogP contribution in [0.4, 0.5) is 34.6 Å². The Morgan fingerprint density at radius 1 is 0.906 bits per heavy atom. The van der Waals surface area contributed by atoms with Gasteiger partial charge in [0.05, 0.1) is 24.4 Å². The third-order valence-electron chi connectivity index (χ3n) is 7.48. The average Bonchev–Trinajstić information content (AvgIpc) is 3.07. The predicted octanol–water partition coefficient (Wildman–Crippen LogP) is 5.86. The number of methoxy groups -OCH3 is 1. The van der Waals surface area contributed by atoms with E-state index in [4.69, 9.17) is 20.9 Å². The molecule has 0 fully saturated rings. The number of hydrogen-bond donors (Lipinski definition) is 4. The van der Waals surface area contributed by atoms with Crippen molar-refractivity contribution in [2.75, 3.05) is 36.2 Å². The van der Waals surface area contributed by atoms with E-state index in [1.54, 1.807) is 43.0 Å². The summed E-state index contributed by atoms with van der Waals surface area (Å²) in [5.74, 6) is -0.543. The lowest BCUT2D eigenvalue weighted by atomic mass is 10.0. The fourth-order valence-corrected chi connectivity index (χ4v) is 7.30. The smallest absolute Gasteiger partial charge is 0.397 e. The maximum Gasteiger partial charge on any atom is 0.397 e. The van der Waals surface area contributed by atoms with Gasteiger partial charge in [-0.15, -0.1) is 10.2 Å². The Hall–Kier alpha value is -5.03. The molecule has 4 N–H and O–H groups in total. The zero-order chi connectivity index (χ0) is 38.7. The van der Waals surface area contributed by atoms with Crippen LogP contribution in [-0.2, 0) is 34.5 Å². The molecule has 0 unspecified atom stereocenters. The highest BCUT2D eigenvalue weighted by Crippen LogP contribution is 2.40. The number of aryl methyl sites for hydroxylation is 1. The van der Waals surface area contributed by atoms with Gasteiger partial charge in [0.15, 0.2) is 15.6 Å². The number of fused-ring (bicyclic) bond motifs is 1. The number of benzene rings is 4. The van der Waals surface area contributed by atoms with E-state index in [0.29, 0.717) is 34.3 Å². The molecule has 0 saturated heterocycles. The number of nitrogens with one attached hydrogen (secondary N) is 1. The van der Waals surface area contributed by atoms with E-state index >= 15 is 0 Å². The number of aromatic hydroxyl groups is 1. The molecule has 1 heterocycles. The molecule has 0 saturated carbocycles. The minimum atomic E-state index is -4.79. The Morgan fingerprint density at radius 3 is 2.26 bits per heavy atom. The van der Waals surface area contributed by atoms with Crippen molar-refractivity contribution in [1.29, 1.82) is 0 Å². The molecule has 0 aliphatic heterocycles. The maximum absolute atomic E-state index is 12.6. The zero-order valence-electron chi connectivity index (χ0n) is 27.9. The van der Waals surface area contributed by atoms with Crippen LogP contribution in [0.3, 0.4) is 0 Å². The van der Waals surface area contributed by atoms with Crippen molar-refractivity contribution < 1.29 is 48.4 Å². The third-order valence-corrected chi connectivity index (χ3v) is 10.7. The number of anilines is 4. The Balaban J connectivity index is 1.38. The number of aromatic nitrogens is 3. The SMILES string of the molecule is CCN(c1ccc(S(=O)(=O)CCOS(=O)(=O)O)cc1)c1nc(Cl)nc(Nc2ccc3c(O)c(N=Nc4ccc(OC)cc4S(=O)(=O)O)c(C)cc3c2)n1. The summed E-state index contributed by atoms with van der Waals surface area (Å²) >= 11 is 6.26. The van der Waals surface area contributed by atoms with E-state index in [0.717, 1.165) is 6.07 Å². The first-order chi connectivity index (χ1) is 24.9. The minimum absolute atomic E-state index is 0.0660. The quantitative estimate of drug-likeness (QED) is 0.0756. The number of phenols is 1. The fraction of sp³-hybridized carbons (Fsp3) is 0.194. The second-order valence-electron chi connectivity index (χ2n) is 11.0. The Bertz CT molecular complexity index is 2560. The van der Waals surface area contributed by atoms with Gasteiger partial charge in [0.25, 0.3) is 10.1 Å². The van der Waals surface area contributed by atoms with Gasteiger partial charge in [-0.05, 0) is 97.1 Å². The van der Waals surface area contributed by atoms with Gasteiger partial charge in [0.2, 0.25) is 17.2 Å². The van der Waals surface area contributed by atoms with Crippen LogP contribution in [0.2, 0.25) is 5.28 Å². The van der Waals surface area contributed by atoms with Gasteiger partial charge in [-0.1, -0.05) is 0 Å². The number of nitrogens with zero attached hydrogens (tertiary/aromatic N) is 6. The second-order valence-corrected chi connectivity index (χ2v) is 15.9. The Morgan fingerprint density at radius 2 is 1.62 bits per heavy atom. The van der Waals surface area contributed by atoms with Gasteiger partial charge in [-0.25, -0.2) is 12.6 Å². The summed E-state index contributed by atoms with van der Waals surface area (Å²) in [4.78, 5) is 13.9. The van der Waals surface area contributed by atoms with Gasteiger partial charge in [-0.2, -0.15) is 31.8 Å². The van der Waals surface area contributed by atoms with Crippen LogP contribution in [0.1, 0.15) is 12.5 Å². The average molecular weight is 808 g/mol. The molecule has 0 atom stereocenters. The van der Waals surface area contributed by atoms with Crippen LogP contribution < -0.4 is 15.0 Å². The highest BCUT2D eigenvalue weighted by molar-refractivity contribution is 7.91. The summed E-state index contributed by atoms with van der Waals surface area (Å²) in [6.45, 7) is 3.04. The summed E-state index contributed by atoms with van der Waals surface area (Å²) in [5.41, 5.74) is 1.40. The largest absolute Gasteiger partial charge is 0.505 e. The molecule has 0 aliphatic rings. The van der Waals surface area contributed by atoms with E-state index in [1.807, 2.05) is 0 Å². The van der Waals surface area contributed by atoms with Crippen molar-refractivity contribution in [3.63, 3.8) is 0 Å². The fourth-order valence-electron chi connectivity index (χ4n) is 5.02. The zero-order valence-corrected chi connectivity index (χ0v) is 31.1. The van der Waals surface area contributed by atoms with Crippen molar-refractivity contribution in [3.8, 4) is 11.5 Å². The highest BCUT2D eigenvalue weighted by atomic mass is 35.5. The van der Waals surface area contributed by atoms with Crippen LogP contribution in [-0.4, -0.2) is 80.4 Å². The molecule has 280 valence electrons. The van der Waals surface area contributed by atoms with Crippen molar-refractivity contribution in [2.24, 2.45) is 10.2 Å². The van der Waals surface area contributed by atoms with E-state index < -0.39 is 47.6 Å². The predicted molar refractivity (Wildman–Crippen MR) is 194 cm³/mol. The molecule has 0 aliphatic carbocycles. The van der Waals surface area contributed by atoms with Crippen molar-refractivity contribution in [3.05, 3.63) is 77.6 Å². The first kappa shape index (κ1) is 39.2. The minimum Gasteiger partial charge on any atom is -0.505 e. The maximum atomic E-state index is 12.6. The molecule has 53 heavy (non-hydrogen) atoms. The van der Waals surface area contributed by atoms with E-state index in [-0.39, 0.29) is 44.9 Å². The van der Waals surface area contributed by atoms with Crippen molar-refractivity contribution in [2.45, 2.75) is 23.6 Å². The van der Waals surface area contributed by atoms with Gasteiger partial charge < -0.3 is 20.1 Å². The summed E-state index contributed by atoms with van der Waals surface area (Å²) in [7, 11) is -12.1. The monoisotopic (exact) mass is 807 g/mol. The number of hydrogen-bond acceptors (Lipinski definition) is 16. The lowest BCUT2D eigenvalue weighted by Gasteiger charge is -2.21. The topological polar surface area (TPSA) is 260 Å². The number of azo groups is 1. The molecule has 0 radical (unpaired) electrons. The number of ether oxygens (including phenoxy) is 1. The number of rotatable bonds is 14. The summed E-state index contributed by atoms with van der Waals surface area (Å²) in [6.07, 6.45) is 0. The highest BCUT2D eigenvalue weighted by Gasteiger charge is 2.20. The third kappa shape index (κ3) is 9.50. The molecule has 5 aromatic rings. The Kier molecular flexibility index (Phi) is 11.5. The van der Waals surface area contributed by atoms with Crippen LogP contribution in [0.25, 0.3) is 10.8 Å². The number of halogens is 1. The van der Waals surface area contributed by atoms with E-state index in [1.165, 1.54) is 43.5 Å². The van der Waals surface area contributed by atoms with Crippen LogP contribution in [0, 0.1) is 6.92 Å². The Labute approximate surface area is 308 Å². The molecule has 18 nitrogen and oxygen atoms in total. The lowest BCUT2D eigenvalue weighted by molar-refractivity contribution is 0.284. The van der Waals surface area contributed by atoms with Gasteiger partial charge >= 0.3 is 10.4 Å². The van der Waals surface area contributed by atoms with Gasteiger partial charge in [-0.3, -0.25) is 9.11 Å². The van der Waals surface area contributed by atoms with Crippen LogP contribution in [0.5, 0.6) is 11.5 Å². The first-order valence-corrected chi connectivity index (χ1v) is 20.0. The second kappa shape index (κ2) is 15.5. The summed E-state index contributed by atoms with van der Waals surface area (Å²) in [6, 6.07) is 16.2. The molecule has 0 amide bonds. The summed E-state index contributed by atoms with van der Waals surface area (Å²) in [5, 5.41) is 23.1. The molecular formula is C31H30ClN7O11S3. The molecule has 0 spiro atoms. The van der Waals surface area contributed by atoms with Crippen molar-refractivity contribution >= 4 is 87.4 Å². The lowest BCUT2D eigenvalue weighted by Crippen LogP contribution is -2.20. The first-order valence-electron chi connectivity index (χ1n) is 15.1. The standard InChI is InChI=1S/C31H30ClN7O11S3/c1-4-39(21-6-9-23(10-7-21)51(41,42)14-13-50-53(46,47)48)31-35-29(32)34-30(36-31)33-20-5-11-24-19(16-20)15-18(2)27(28(24)40)38-37-25-12-8-22(49-3)17-26(25)52(43,44)45/h5-12,15-17,40H,4,13-14H2,1-3H3,(H,43,44,45)(H,46,47,48)(H,33,34,35,36). The van der Waals surface area contributed by atoms with Crippen LogP contribution >= 0.6 is 11.6 Å².